The van der Waals surface area contributed by atoms with Gasteiger partial charge in [-0.15, -0.1) is 0 Å². The van der Waals surface area contributed by atoms with Crippen molar-refractivity contribution in [3.63, 3.8) is 0 Å². The summed E-state index contributed by atoms with van der Waals surface area (Å²) in [5.74, 6) is 0.435. The monoisotopic (exact) mass is 294 g/mol. The minimum absolute atomic E-state index is 0.0285. The molecule has 1 N–H and O–H groups in total. The number of rotatable bonds is 5. The smallest absolute Gasteiger partial charge is 0.333 e. The van der Waals surface area contributed by atoms with E-state index < -0.39 is 4.92 Å². The number of hydrogen-bond acceptors (Lipinski definition) is 4. The molecule has 0 aliphatic carbocycles. The Bertz CT molecular complexity index is 622. The second-order valence-electron chi connectivity index (χ2n) is 4.34. The van der Waals surface area contributed by atoms with Crippen molar-refractivity contribution in [2.75, 3.05) is 5.32 Å². The first kappa shape index (κ1) is 14.3. The highest BCUT2D eigenvalue weighted by Crippen LogP contribution is 2.28. The quantitative estimate of drug-likeness (QED) is 0.677. The first-order valence-electron chi connectivity index (χ1n) is 6.23. The fourth-order valence-corrected chi connectivity index (χ4v) is 2.11. The van der Waals surface area contributed by atoms with Gasteiger partial charge < -0.3 is 5.32 Å². The third-order valence-electron chi connectivity index (χ3n) is 2.95. The van der Waals surface area contributed by atoms with Crippen LogP contribution in [-0.4, -0.2) is 14.7 Å². The van der Waals surface area contributed by atoms with E-state index in [4.69, 9.17) is 11.6 Å². The maximum Gasteiger partial charge on any atom is 0.333 e. The highest BCUT2D eigenvalue weighted by atomic mass is 35.5. The molecule has 0 radical (unpaired) electrons. The van der Waals surface area contributed by atoms with Crippen LogP contribution in [0.4, 0.5) is 11.5 Å². The molecule has 1 heterocycles. The number of nitro groups is 1. The molecule has 2 aromatic rings. The molecule has 20 heavy (non-hydrogen) atoms. The van der Waals surface area contributed by atoms with Crippen LogP contribution in [0.2, 0.25) is 5.02 Å². The van der Waals surface area contributed by atoms with Gasteiger partial charge in [0.2, 0.25) is 5.82 Å². The van der Waals surface area contributed by atoms with Crippen LogP contribution >= 0.6 is 11.6 Å². The summed E-state index contributed by atoms with van der Waals surface area (Å²) < 4.78 is 1.60. The van der Waals surface area contributed by atoms with Gasteiger partial charge in [-0.2, -0.15) is 5.10 Å². The summed E-state index contributed by atoms with van der Waals surface area (Å²) in [5, 5.41) is 19.0. The first-order valence-corrected chi connectivity index (χ1v) is 6.60. The third kappa shape index (κ3) is 2.91. The van der Waals surface area contributed by atoms with E-state index >= 15 is 0 Å². The van der Waals surface area contributed by atoms with Crippen LogP contribution in [0.5, 0.6) is 0 Å². The SMILES string of the molecule is CCn1nc(C)c([N+](=O)[O-])c1NCc1ccc(Cl)cc1. The van der Waals surface area contributed by atoms with Crippen molar-refractivity contribution in [1.82, 2.24) is 9.78 Å². The van der Waals surface area contributed by atoms with Crippen LogP contribution in [0, 0.1) is 17.0 Å². The Balaban J connectivity index is 2.24. The molecule has 2 rings (SSSR count). The van der Waals surface area contributed by atoms with Gasteiger partial charge in [0.15, 0.2) is 0 Å². The number of aromatic nitrogens is 2. The van der Waals surface area contributed by atoms with Gasteiger partial charge in [-0.25, -0.2) is 4.68 Å². The highest BCUT2D eigenvalue weighted by Gasteiger charge is 2.24. The third-order valence-corrected chi connectivity index (χ3v) is 3.20. The number of nitrogens with zero attached hydrogens (tertiary/aromatic N) is 3. The van der Waals surface area contributed by atoms with E-state index in [2.05, 4.69) is 10.4 Å². The lowest BCUT2D eigenvalue weighted by Gasteiger charge is -2.07. The Kier molecular flexibility index (Phi) is 4.24. The maximum absolute atomic E-state index is 11.1. The predicted octanol–water partition coefficient (Wildman–Crippen LogP) is 3.39. The zero-order valence-electron chi connectivity index (χ0n) is 11.3. The van der Waals surface area contributed by atoms with Crippen LogP contribution in [0.15, 0.2) is 24.3 Å². The van der Waals surface area contributed by atoms with Gasteiger partial charge >= 0.3 is 5.69 Å². The summed E-state index contributed by atoms with van der Waals surface area (Å²) in [6.45, 7) is 4.57. The molecule has 6 nitrogen and oxygen atoms in total. The number of nitrogens with one attached hydrogen (secondary N) is 1. The highest BCUT2D eigenvalue weighted by molar-refractivity contribution is 6.30. The average molecular weight is 295 g/mol. The molecule has 1 aromatic heterocycles. The average Bonchev–Trinajstić information content (AvgIpc) is 2.74. The van der Waals surface area contributed by atoms with Gasteiger partial charge in [-0.3, -0.25) is 10.1 Å². The Hall–Kier alpha value is -2.08. The van der Waals surface area contributed by atoms with E-state index in [1.807, 2.05) is 19.1 Å². The number of anilines is 1. The molecule has 0 fully saturated rings. The molecular weight excluding hydrogens is 280 g/mol. The molecule has 0 aliphatic heterocycles. The summed E-state index contributed by atoms with van der Waals surface area (Å²) >= 11 is 5.82. The summed E-state index contributed by atoms with van der Waals surface area (Å²) in [4.78, 5) is 10.7. The Morgan fingerprint density at radius 2 is 2.05 bits per heavy atom. The molecule has 7 heteroatoms. The van der Waals surface area contributed by atoms with E-state index in [0.717, 1.165) is 5.56 Å². The Morgan fingerprint density at radius 1 is 1.40 bits per heavy atom. The van der Waals surface area contributed by atoms with Crippen molar-refractivity contribution in [2.45, 2.75) is 26.9 Å². The van der Waals surface area contributed by atoms with Gasteiger partial charge in [-0.1, -0.05) is 23.7 Å². The lowest BCUT2D eigenvalue weighted by molar-refractivity contribution is -0.384. The summed E-state index contributed by atoms with van der Waals surface area (Å²) in [5.41, 5.74) is 1.43. The summed E-state index contributed by atoms with van der Waals surface area (Å²) in [7, 11) is 0. The Labute approximate surface area is 121 Å². The van der Waals surface area contributed by atoms with Crippen LogP contribution in [0.25, 0.3) is 0 Å². The number of halogens is 1. The van der Waals surface area contributed by atoms with Gasteiger partial charge in [0.1, 0.15) is 5.69 Å². The second kappa shape index (κ2) is 5.92. The molecule has 0 unspecified atom stereocenters. The van der Waals surface area contributed by atoms with Crippen LogP contribution in [0.3, 0.4) is 0 Å². The number of aryl methyl sites for hydroxylation is 2. The lowest BCUT2D eigenvalue weighted by atomic mass is 10.2. The molecule has 0 bridgehead atoms. The normalized spacial score (nSPS) is 10.6. The number of benzene rings is 1. The van der Waals surface area contributed by atoms with Crippen molar-refractivity contribution in [2.24, 2.45) is 0 Å². The second-order valence-corrected chi connectivity index (χ2v) is 4.77. The molecule has 0 saturated carbocycles. The van der Waals surface area contributed by atoms with E-state index in [9.17, 15) is 10.1 Å². The molecule has 1 aromatic carbocycles. The summed E-state index contributed by atoms with van der Waals surface area (Å²) in [6, 6.07) is 7.33. The van der Waals surface area contributed by atoms with E-state index in [1.165, 1.54) is 0 Å². The van der Waals surface area contributed by atoms with Crippen LogP contribution in [-0.2, 0) is 13.1 Å². The van der Waals surface area contributed by atoms with Gasteiger partial charge in [0.25, 0.3) is 0 Å². The van der Waals surface area contributed by atoms with Gasteiger partial charge in [0, 0.05) is 18.1 Å². The zero-order valence-corrected chi connectivity index (χ0v) is 12.0. The molecule has 0 atom stereocenters. The van der Waals surface area contributed by atoms with Crippen molar-refractivity contribution < 1.29 is 4.92 Å². The zero-order chi connectivity index (χ0) is 14.7. The molecule has 0 aliphatic rings. The fraction of sp³-hybridized carbons (Fsp3) is 0.308. The minimum atomic E-state index is -0.404. The predicted molar refractivity (Wildman–Crippen MR) is 78.1 cm³/mol. The molecule has 0 saturated heterocycles. The molecular formula is C13H15ClN4O2. The Morgan fingerprint density at radius 3 is 2.60 bits per heavy atom. The molecule has 0 amide bonds. The van der Waals surface area contributed by atoms with Crippen molar-refractivity contribution >= 4 is 23.1 Å². The van der Waals surface area contributed by atoms with Gasteiger partial charge in [0.05, 0.1) is 4.92 Å². The fourth-order valence-electron chi connectivity index (χ4n) is 1.98. The van der Waals surface area contributed by atoms with Gasteiger partial charge in [-0.05, 0) is 31.5 Å². The summed E-state index contributed by atoms with van der Waals surface area (Å²) in [6.07, 6.45) is 0. The van der Waals surface area contributed by atoms with E-state index in [0.29, 0.717) is 29.6 Å². The maximum atomic E-state index is 11.1. The topological polar surface area (TPSA) is 73.0 Å². The van der Waals surface area contributed by atoms with Crippen molar-refractivity contribution in [1.29, 1.82) is 0 Å². The molecule has 0 spiro atoms. The van der Waals surface area contributed by atoms with Crippen LogP contribution < -0.4 is 5.32 Å². The van der Waals surface area contributed by atoms with Crippen LogP contribution in [0.1, 0.15) is 18.2 Å². The molecule has 106 valence electrons. The van der Waals surface area contributed by atoms with Crippen molar-refractivity contribution in [3.05, 3.63) is 50.7 Å². The largest absolute Gasteiger partial charge is 0.360 e. The van der Waals surface area contributed by atoms with Crippen molar-refractivity contribution in [3.8, 4) is 0 Å². The van der Waals surface area contributed by atoms with E-state index in [1.54, 1.807) is 23.7 Å². The standard InChI is InChI=1S/C13H15ClN4O2/c1-3-17-13(12(18(19)20)9(2)16-17)15-8-10-4-6-11(14)7-5-10/h4-7,15H,3,8H2,1-2H3. The van der Waals surface area contributed by atoms with E-state index in [-0.39, 0.29) is 5.69 Å². The minimum Gasteiger partial charge on any atom is -0.360 e. The lowest BCUT2D eigenvalue weighted by Crippen LogP contribution is -2.08. The number of hydrogen-bond donors (Lipinski definition) is 1. The first-order chi connectivity index (χ1) is 9.52.